The van der Waals surface area contributed by atoms with E-state index in [1.54, 1.807) is 12.1 Å². The van der Waals surface area contributed by atoms with Crippen molar-refractivity contribution in [3.05, 3.63) is 90.0 Å². The second-order valence-electron chi connectivity index (χ2n) is 6.62. The van der Waals surface area contributed by atoms with Gasteiger partial charge in [-0.15, -0.1) is 0 Å². The first-order valence-electron chi connectivity index (χ1n) is 8.52. The Morgan fingerprint density at radius 2 is 1.54 bits per heavy atom. The highest BCUT2D eigenvalue weighted by Gasteiger charge is 2.28. The quantitative estimate of drug-likeness (QED) is 0.658. The Balaban J connectivity index is 1.77. The van der Waals surface area contributed by atoms with Crippen molar-refractivity contribution in [3.8, 4) is 11.1 Å². The largest absolute Gasteiger partial charge is 0.384 e. The number of nitrogens with one attached hydrogen (secondary N) is 1. The fourth-order valence-electron chi connectivity index (χ4n) is 2.75. The molecule has 7 heteroatoms. The van der Waals surface area contributed by atoms with Crippen LogP contribution >= 0.6 is 0 Å². The molecule has 2 N–H and O–H groups in total. The molecule has 0 aliphatic rings. The van der Waals surface area contributed by atoms with Crippen molar-refractivity contribution in [2.45, 2.75) is 17.4 Å². The summed E-state index contributed by atoms with van der Waals surface area (Å²) in [4.78, 5) is -0.803. The van der Waals surface area contributed by atoms with Crippen LogP contribution in [-0.2, 0) is 15.6 Å². The summed E-state index contributed by atoms with van der Waals surface area (Å²) in [7, 11) is -4.33. The fraction of sp³-hybridized carbons (Fsp3) is 0.143. The minimum absolute atomic E-state index is 0.407. The van der Waals surface area contributed by atoms with E-state index in [-0.39, 0.29) is 0 Å². The van der Waals surface area contributed by atoms with E-state index in [9.17, 15) is 22.3 Å². The molecule has 0 radical (unpaired) electrons. The van der Waals surface area contributed by atoms with Crippen LogP contribution in [0.5, 0.6) is 0 Å². The van der Waals surface area contributed by atoms with Crippen molar-refractivity contribution in [1.82, 2.24) is 4.72 Å². The number of rotatable bonds is 6. The Kier molecular flexibility index (Phi) is 5.60. The molecule has 4 nitrogen and oxygen atoms in total. The summed E-state index contributed by atoms with van der Waals surface area (Å²) in [6.45, 7) is 1.03. The van der Waals surface area contributed by atoms with E-state index < -0.39 is 38.7 Å². The molecule has 0 saturated heterocycles. The third-order valence-electron chi connectivity index (χ3n) is 4.40. The lowest BCUT2D eigenvalue weighted by Crippen LogP contribution is -2.38. The van der Waals surface area contributed by atoms with E-state index in [4.69, 9.17) is 0 Å². The second-order valence-corrected chi connectivity index (χ2v) is 8.35. The number of sulfonamides is 1. The highest BCUT2D eigenvalue weighted by molar-refractivity contribution is 7.89. The monoisotopic (exact) mass is 403 g/mol. The van der Waals surface area contributed by atoms with Crippen molar-refractivity contribution in [2.24, 2.45) is 0 Å². The van der Waals surface area contributed by atoms with E-state index in [1.807, 2.05) is 42.5 Å². The molecule has 0 saturated carbocycles. The Bertz CT molecular complexity index is 1070. The molecule has 0 spiro atoms. The third kappa shape index (κ3) is 4.44. The lowest BCUT2D eigenvalue weighted by molar-refractivity contribution is 0.0627. The summed E-state index contributed by atoms with van der Waals surface area (Å²) in [6.07, 6.45) is 0. The van der Waals surface area contributed by atoms with Gasteiger partial charge in [0, 0.05) is 6.54 Å². The zero-order valence-corrected chi connectivity index (χ0v) is 15.9. The minimum atomic E-state index is -4.33. The van der Waals surface area contributed by atoms with Gasteiger partial charge in [-0.25, -0.2) is 21.9 Å². The third-order valence-corrected chi connectivity index (χ3v) is 5.82. The molecule has 0 fully saturated rings. The van der Waals surface area contributed by atoms with Crippen LogP contribution in [0.25, 0.3) is 11.1 Å². The van der Waals surface area contributed by atoms with E-state index in [2.05, 4.69) is 4.72 Å². The second kappa shape index (κ2) is 7.79. The van der Waals surface area contributed by atoms with Gasteiger partial charge in [-0.3, -0.25) is 0 Å². The van der Waals surface area contributed by atoms with Crippen molar-refractivity contribution < 1.29 is 22.3 Å². The summed E-state index contributed by atoms with van der Waals surface area (Å²) in [5.41, 5.74) is 0.889. The molecule has 0 heterocycles. The highest BCUT2D eigenvalue weighted by atomic mass is 32.2. The molecule has 0 aliphatic heterocycles. The Morgan fingerprint density at radius 1 is 0.929 bits per heavy atom. The van der Waals surface area contributed by atoms with Gasteiger partial charge < -0.3 is 5.11 Å². The smallest absolute Gasteiger partial charge is 0.243 e. The van der Waals surface area contributed by atoms with Crippen LogP contribution in [-0.4, -0.2) is 20.1 Å². The van der Waals surface area contributed by atoms with Crippen LogP contribution in [0.4, 0.5) is 8.78 Å². The van der Waals surface area contributed by atoms with Gasteiger partial charge in [0.05, 0.1) is 0 Å². The summed E-state index contributed by atoms with van der Waals surface area (Å²) in [6, 6.07) is 18.8. The fourth-order valence-corrected chi connectivity index (χ4v) is 3.97. The molecular formula is C21H19F2NO3S. The number of benzene rings is 3. The van der Waals surface area contributed by atoms with Crippen molar-refractivity contribution in [2.75, 3.05) is 6.54 Å². The van der Waals surface area contributed by atoms with E-state index >= 15 is 0 Å². The molecular weight excluding hydrogens is 384 g/mol. The normalized spacial score (nSPS) is 13.9. The first-order valence-corrected chi connectivity index (χ1v) is 10.0. The van der Waals surface area contributed by atoms with E-state index in [0.717, 1.165) is 23.3 Å². The van der Waals surface area contributed by atoms with Gasteiger partial charge in [0.25, 0.3) is 0 Å². The van der Waals surface area contributed by atoms with Gasteiger partial charge in [0.15, 0.2) is 0 Å². The van der Waals surface area contributed by atoms with Crippen molar-refractivity contribution in [3.63, 3.8) is 0 Å². The van der Waals surface area contributed by atoms with Crippen LogP contribution in [0.2, 0.25) is 0 Å². The van der Waals surface area contributed by atoms with Gasteiger partial charge >= 0.3 is 0 Å². The first kappa shape index (κ1) is 20.1. The van der Waals surface area contributed by atoms with Gasteiger partial charge in [-0.05, 0) is 41.8 Å². The maximum atomic E-state index is 13.8. The van der Waals surface area contributed by atoms with Gasteiger partial charge in [0.2, 0.25) is 10.0 Å². The average Bonchev–Trinajstić information content (AvgIpc) is 2.69. The lowest BCUT2D eigenvalue weighted by atomic mass is 9.94. The number of halogens is 2. The van der Waals surface area contributed by atoms with Crippen LogP contribution < -0.4 is 4.72 Å². The highest BCUT2D eigenvalue weighted by Crippen LogP contribution is 2.25. The summed E-state index contributed by atoms with van der Waals surface area (Å²) in [5.74, 6) is -1.94. The van der Waals surface area contributed by atoms with Gasteiger partial charge in [-0.1, -0.05) is 54.6 Å². The zero-order chi connectivity index (χ0) is 20.4. The van der Waals surface area contributed by atoms with Crippen molar-refractivity contribution in [1.29, 1.82) is 0 Å². The molecule has 3 aromatic carbocycles. The minimum Gasteiger partial charge on any atom is -0.384 e. The molecule has 0 aromatic heterocycles. The average molecular weight is 403 g/mol. The topological polar surface area (TPSA) is 66.4 Å². The SMILES string of the molecule is CC(O)(CNS(=O)(=O)c1cc(F)ccc1F)c1ccc(-c2ccccc2)cc1. The molecule has 1 unspecified atom stereocenters. The maximum absolute atomic E-state index is 13.8. The summed E-state index contributed by atoms with van der Waals surface area (Å²) >= 11 is 0. The predicted octanol–water partition coefficient (Wildman–Crippen LogP) is 3.82. The molecule has 0 bridgehead atoms. The molecule has 146 valence electrons. The molecule has 28 heavy (non-hydrogen) atoms. The number of hydrogen-bond acceptors (Lipinski definition) is 3. The van der Waals surface area contributed by atoms with E-state index in [0.29, 0.717) is 11.6 Å². The molecule has 0 amide bonds. The van der Waals surface area contributed by atoms with Crippen LogP contribution in [0.1, 0.15) is 12.5 Å². The maximum Gasteiger partial charge on any atom is 0.243 e. The van der Waals surface area contributed by atoms with Crippen molar-refractivity contribution >= 4 is 10.0 Å². The summed E-state index contributed by atoms with van der Waals surface area (Å²) in [5, 5.41) is 10.7. The first-order chi connectivity index (χ1) is 13.2. The molecule has 3 rings (SSSR count). The Morgan fingerprint density at radius 3 is 2.18 bits per heavy atom. The van der Waals surface area contributed by atoms with Crippen LogP contribution in [0.15, 0.2) is 77.7 Å². The number of hydrogen-bond donors (Lipinski definition) is 2. The van der Waals surface area contributed by atoms with Gasteiger partial charge in [-0.2, -0.15) is 0 Å². The van der Waals surface area contributed by atoms with E-state index in [1.165, 1.54) is 6.92 Å². The Labute approximate surface area is 162 Å². The standard InChI is InChI=1S/C21H19F2NO3S/c1-21(25,14-24-28(26,27)20-13-18(22)11-12-19(20)23)17-9-7-16(8-10-17)15-5-3-2-4-6-15/h2-13,24-25H,14H2,1H3. The lowest BCUT2D eigenvalue weighted by Gasteiger charge is -2.24. The van der Waals surface area contributed by atoms with Gasteiger partial charge in [0.1, 0.15) is 22.1 Å². The van der Waals surface area contributed by atoms with Crippen LogP contribution in [0.3, 0.4) is 0 Å². The van der Waals surface area contributed by atoms with Crippen LogP contribution in [0, 0.1) is 11.6 Å². The molecule has 1 atom stereocenters. The molecule has 3 aromatic rings. The molecule has 0 aliphatic carbocycles. The predicted molar refractivity (Wildman–Crippen MR) is 103 cm³/mol. The zero-order valence-electron chi connectivity index (χ0n) is 15.1. The number of aliphatic hydroxyl groups is 1. The Hall–Kier alpha value is -2.61. The summed E-state index contributed by atoms with van der Waals surface area (Å²) < 4.78 is 53.8.